The smallest absolute Gasteiger partial charge is 0.243 e. The number of benzene rings is 1. The highest BCUT2D eigenvalue weighted by molar-refractivity contribution is 6.30. The minimum Gasteiger partial charge on any atom is -0.376 e. The molecule has 6 nitrogen and oxygen atoms in total. The van der Waals surface area contributed by atoms with Crippen molar-refractivity contribution >= 4 is 23.4 Å². The highest BCUT2D eigenvalue weighted by Crippen LogP contribution is 2.29. The maximum Gasteiger partial charge on any atom is 0.243 e. The molecule has 2 unspecified atom stereocenters. The second-order valence-electron chi connectivity index (χ2n) is 8.32. The molecule has 0 aromatic heterocycles. The van der Waals surface area contributed by atoms with Gasteiger partial charge in [0, 0.05) is 24.7 Å². The highest BCUT2D eigenvalue weighted by atomic mass is 35.5. The molecule has 3 aliphatic heterocycles. The normalized spacial score (nSPS) is 28.3. The van der Waals surface area contributed by atoms with E-state index in [1.165, 1.54) is 0 Å². The molecule has 0 radical (unpaired) electrons. The van der Waals surface area contributed by atoms with Crippen molar-refractivity contribution in [1.29, 1.82) is 0 Å². The Balaban J connectivity index is 1.47. The van der Waals surface area contributed by atoms with Crippen LogP contribution in [0.5, 0.6) is 0 Å². The van der Waals surface area contributed by atoms with Gasteiger partial charge >= 0.3 is 0 Å². The van der Waals surface area contributed by atoms with Crippen molar-refractivity contribution < 1.29 is 14.3 Å². The topological polar surface area (TPSA) is 70.7 Å². The van der Waals surface area contributed by atoms with Crippen molar-refractivity contribution in [3.05, 3.63) is 34.9 Å². The zero-order chi connectivity index (χ0) is 20.2. The Kier molecular flexibility index (Phi) is 6.73. The Morgan fingerprint density at radius 1 is 1.14 bits per heavy atom. The van der Waals surface area contributed by atoms with E-state index in [1.54, 1.807) is 4.90 Å². The van der Waals surface area contributed by atoms with Crippen LogP contribution in [0.15, 0.2) is 24.3 Å². The number of halogens is 1. The maximum absolute atomic E-state index is 13.2. The molecule has 0 spiro atoms. The summed E-state index contributed by atoms with van der Waals surface area (Å²) < 4.78 is 5.90. The van der Waals surface area contributed by atoms with E-state index in [2.05, 4.69) is 10.6 Å². The molecule has 1 aromatic carbocycles. The van der Waals surface area contributed by atoms with Gasteiger partial charge in [0.05, 0.1) is 18.1 Å². The van der Waals surface area contributed by atoms with Crippen LogP contribution in [0.4, 0.5) is 0 Å². The molecule has 7 heteroatoms. The standard InChI is InChI=1S/C22H30ClN3O3/c23-17-9-7-15(8-10-17)20(19-6-3-13-29-19)25-21(27)18-5-2-12-26(18)22(28)16-4-1-11-24-14-16/h7-10,16,18-20,24H,1-6,11-14H2,(H,25,27)/t16-,18+,19?,20?/m0/s1. The molecule has 4 rings (SSSR count). The summed E-state index contributed by atoms with van der Waals surface area (Å²) in [7, 11) is 0. The van der Waals surface area contributed by atoms with E-state index in [0.29, 0.717) is 24.7 Å². The number of likely N-dealkylation sites (tertiary alicyclic amines) is 1. The molecule has 29 heavy (non-hydrogen) atoms. The van der Waals surface area contributed by atoms with Gasteiger partial charge < -0.3 is 20.3 Å². The number of rotatable bonds is 5. The highest BCUT2D eigenvalue weighted by Gasteiger charge is 2.39. The van der Waals surface area contributed by atoms with E-state index in [-0.39, 0.29) is 35.9 Å². The molecule has 158 valence electrons. The van der Waals surface area contributed by atoms with Crippen LogP contribution >= 0.6 is 11.6 Å². The van der Waals surface area contributed by atoms with Crippen LogP contribution < -0.4 is 10.6 Å². The van der Waals surface area contributed by atoms with Gasteiger partial charge in [-0.05, 0) is 62.8 Å². The predicted octanol–water partition coefficient (Wildman–Crippen LogP) is 2.67. The lowest BCUT2D eigenvalue weighted by molar-refractivity contribution is -0.142. The van der Waals surface area contributed by atoms with Gasteiger partial charge in [0.25, 0.3) is 0 Å². The lowest BCUT2D eigenvalue weighted by Crippen LogP contribution is -2.51. The van der Waals surface area contributed by atoms with Gasteiger partial charge in [0.15, 0.2) is 0 Å². The van der Waals surface area contributed by atoms with Gasteiger partial charge in [-0.1, -0.05) is 23.7 Å². The first-order valence-electron chi connectivity index (χ1n) is 10.8. The number of amides is 2. The van der Waals surface area contributed by atoms with Crippen LogP contribution in [0.25, 0.3) is 0 Å². The van der Waals surface area contributed by atoms with Crippen LogP contribution in [0, 0.1) is 5.92 Å². The van der Waals surface area contributed by atoms with E-state index in [0.717, 1.165) is 50.6 Å². The molecule has 3 fully saturated rings. The van der Waals surface area contributed by atoms with Crippen LogP contribution in [0.2, 0.25) is 5.02 Å². The quantitative estimate of drug-likeness (QED) is 0.769. The fraction of sp³-hybridized carbons (Fsp3) is 0.636. The Bertz CT molecular complexity index is 715. The monoisotopic (exact) mass is 419 g/mol. The first kappa shape index (κ1) is 20.6. The third kappa shape index (κ3) is 4.76. The first-order valence-corrected chi connectivity index (χ1v) is 11.2. The number of ether oxygens (including phenoxy) is 1. The van der Waals surface area contributed by atoms with E-state index in [1.807, 2.05) is 24.3 Å². The molecule has 1 aromatic rings. The summed E-state index contributed by atoms with van der Waals surface area (Å²) in [6, 6.07) is 6.95. The van der Waals surface area contributed by atoms with E-state index < -0.39 is 0 Å². The molecule has 0 aliphatic carbocycles. The average Bonchev–Trinajstić information content (AvgIpc) is 3.45. The number of hydrogen-bond acceptors (Lipinski definition) is 4. The number of nitrogens with zero attached hydrogens (tertiary/aromatic N) is 1. The number of hydrogen-bond donors (Lipinski definition) is 2. The van der Waals surface area contributed by atoms with Gasteiger partial charge in [0.2, 0.25) is 11.8 Å². The van der Waals surface area contributed by atoms with Crippen molar-refractivity contribution in [2.24, 2.45) is 5.92 Å². The number of nitrogens with one attached hydrogen (secondary N) is 2. The zero-order valence-electron chi connectivity index (χ0n) is 16.7. The van der Waals surface area contributed by atoms with E-state index in [4.69, 9.17) is 16.3 Å². The summed E-state index contributed by atoms with van der Waals surface area (Å²) in [4.78, 5) is 28.1. The molecule has 0 bridgehead atoms. The van der Waals surface area contributed by atoms with Crippen LogP contribution in [0.1, 0.15) is 50.1 Å². The van der Waals surface area contributed by atoms with Crippen LogP contribution in [-0.4, -0.2) is 55.1 Å². The molecule has 4 atom stereocenters. The Hall–Kier alpha value is -1.63. The van der Waals surface area contributed by atoms with Crippen LogP contribution in [0.3, 0.4) is 0 Å². The molecule has 3 aliphatic rings. The summed E-state index contributed by atoms with van der Waals surface area (Å²) in [5.74, 6) is 0.0347. The first-order chi connectivity index (χ1) is 14.1. The van der Waals surface area contributed by atoms with Crippen molar-refractivity contribution in [2.75, 3.05) is 26.2 Å². The zero-order valence-corrected chi connectivity index (χ0v) is 17.5. The minimum atomic E-state index is -0.388. The predicted molar refractivity (Wildman–Crippen MR) is 112 cm³/mol. The summed E-state index contributed by atoms with van der Waals surface area (Å²) in [5.41, 5.74) is 0.988. The molecule has 0 saturated carbocycles. The van der Waals surface area contributed by atoms with E-state index in [9.17, 15) is 9.59 Å². The van der Waals surface area contributed by atoms with Gasteiger partial charge in [-0.3, -0.25) is 9.59 Å². The third-order valence-corrected chi connectivity index (χ3v) is 6.60. The largest absolute Gasteiger partial charge is 0.376 e. The van der Waals surface area contributed by atoms with Crippen molar-refractivity contribution in [3.63, 3.8) is 0 Å². The second-order valence-corrected chi connectivity index (χ2v) is 8.76. The minimum absolute atomic E-state index is 0.0117. The van der Waals surface area contributed by atoms with Crippen molar-refractivity contribution in [3.8, 4) is 0 Å². The van der Waals surface area contributed by atoms with Crippen molar-refractivity contribution in [2.45, 2.75) is 56.7 Å². The van der Waals surface area contributed by atoms with Crippen LogP contribution in [-0.2, 0) is 14.3 Å². The fourth-order valence-electron chi connectivity index (χ4n) is 4.78. The van der Waals surface area contributed by atoms with E-state index >= 15 is 0 Å². The van der Waals surface area contributed by atoms with Gasteiger partial charge in [0.1, 0.15) is 6.04 Å². The lowest BCUT2D eigenvalue weighted by Gasteiger charge is -2.32. The lowest BCUT2D eigenvalue weighted by atomic mass is 9.97. The summed E-state index contributed by atoms with van der Waals surface area (Å²) >= 11 is 6.05. The van der Waals surface area contributed by atoms with Crippen molar-refractivity contribution in [1.82, 2.24) is 15.5 Å². The molecular formula is C22H30ClN3O3. The maximum atomic E-state index is 13.2. The Morgan fingerprint density at radius 3 is 2.66 bits per heavy atom. The number of piperidine rings is 1. The third-order valence-electron chi connectivity index (χ3n) is 6.35. The average molecular weight is 420 g/mol. The molecule has 2 N–H and O–H groups in total. The summed E-state index contributed by atoms with van der Waals surface area (Å²) in [6.45, 7) is 3.07. The molecule has 2 amide bonds. The Morgan fingerprint density at radius 2 is 1.97 bits per heavy atom. The van der Waals surface area contributed by atoms with Gasteiger partial charge in [-0.2, -0.15) is 0 Å². The molecule has 3 saturated heterocycles. The molecule has 3 heterocycles. The second kappa shape index (κ2) is 9.45. The Labute approximate surface area is 177 Å². The molecular weight excluding hydrogens is 390 g/mol. The fourth-order valence-corrected chi connectivity index (χ4v) is 4.90. The summed E-state index contributed by atoms with van der Waals surface area (Å²) in [6.07, 6.45) is 5.36. The summed E-state index contributed by atoms with van der Waals surface area (Å²) in [5, 5.41) is 7.18. The SMILES string of the molecule is O=C(NC(c1ccc(Cl)cc1)C1CCCO1)[C@H]1CCCN1C(=O)[C@H]1CCCNC1. The van der Waals surface area contributed by atoms with Gasteiger partial charge in [-0.15, -0.1) is 0 Å². The number of carbonyl (C=O) groups is 2. The van der Waals surface area contributed by atoms with Gasteiger partial charge in [-0.25, -0.2) is 0 Å². The number of carbonyl (C=O) groups excluding carboxylic acids is 2.